The first-order chi connectivity index (χ1) is 13.1. The average Bonchev–Trinajstić information content (AvgIpc) is 2.65. The van der Waals surface area contributed by atoms with Crippen LogP contribution >= 0.6 is 0 Å². The third-order valence-electron chi connectivity index (χ3n) is 3.90. The van der Waals surface area contributed by atoms with Crippen LogP contribution in [0.4, 0.5) is 11.4 Å². The molecule has 10 nitrogen and oxygen atoms in total. The van der Waals surface area contributed by atoms with E-state index in [4.69, 9.17) is 9.47 Å². The number of nitrogens with zero attached hydrogens (tertiary/aromatic N) is 2. The molecular weight excluding hydrogens is 392 g/mol. The highest BCUT2D eigenvalue weighted by Gasteiger charge is 2.31. The molecule has 0 radical (unpaired) electrons. The second-order valence-electron chi connectivity index (χ2n) is 5.65. The maximum Gasteiger partial charge on any atom is 0.324 e. The summed E-state index contributed by atoms with van der Waals surface area (Å²) in [6.07, 6.45) is 0. The lowest BCUT2D eigenvalue weighted by molar-refractivity contribution is -0.385. The van der Waals surface area contributed by atoms with Gasteiger partial charge in [0.1, 0.15) is 18.0 Å². The van der Waals surface area contributed by atoms with Crippen LogP contribution in [0.5, 0.6) is 11.5 Å². The van der Waals surface area contributed by atoms with Gasteiger partial charge in [0.05, 0.1) is 29.7 Å². The average molecular weight is 410 g/mol. The van der Waals surface area contributed by atoms with Crippen molar-refractivity contribution in [1.82, 2.24) is 0 Å². The molecule has 2 aromatic rings. The van der Waals surface area contributed by atoms with Crippen LogP contribution in [0, 0.1) is 17.0 Å². The fourth-order valence-electron chi connectivity index (χ4n) is 2.49. The highest BCUT2D eigenvalue weighted by molar-refractivity contribution is 7.92. The molecule has 0 aliphatic rings. The molecule has 2 rings (SSSR count). The highest BCUT2D eigenvalue weighted by Crippen LogP contribution is 2.36. The predicted molar refractivity (Wildman–Crippen MR) is 99.5 cm³/mol. The van der Waals surface area contributed by atoms with E-state index < -0.39 is 38.0 Å². The Labute approximate surface area is 161 Å². The molecule has 28 heavy (non-hydrogen) atoms. The SMILES string of the molecule is COc1ccc(N(CC(=O)O)S(=O)(=O)c2ccc(C)c([N+](=O)[O-])c2)c(OC)c1. The Morgan fingerprint density at radius 3 is 2.39 bits per heavy atom. The number of sulfonamides is 1. The highest BCUT2D eigenvalue weighted by atomic mass is 32.2. The standard InChI is InChI=1S/C17H18N2O8S/c1-11-4-6-13(9-15(11)19(22)23)28(24,25)18(10-17(20)21)14-7-5-12(26-2)8-16(14)27-3/h4-9H,10H2,1-3H3,(H,20,21). The fourth-order valence-corrected chi connectivity index (χ4v) is 3.93. The van der Waals surface area contributed by atoms with E-state index >= 15 is 0 Å². The lowest BCUT2D eigenvalue weighted by Gasteiger charge is -2.24. The van der Waals surface area contributed by atoms with Gasteiger partial charge in [-0.2, -0.15) is 0 Å². The van der Waals surface area contributed by atoms with Gasteiger partial charge >= 0.3 is 5.97 Å². The Balaban J connectivity index is 2.67. The number of aryl methyl sites for hydroxylation is 1. The number of methoxy groups -OCH3 is 2. The fraction of sp³-hybridized carbons (Fsp3) is 0.235. The van der Waals surface area contributed by atoms with Crippen molar-refractivity contribution in [2.45, 2.75) is 11.8 Å². The minimum absolute atomic E-state index is 0.0473. The Hall–Kier alpha value is -3.34. The van der Waals surface area contributed by atoms with Crippen molar-refractivity contribution >= 4 is 27.4 Å². The number of carboxylic acid groups (broad SMARTS) is 1. The maximum absolute atomic E-state index is 13.1. The van der Waals surface area contributed by atoms with E-state index in [0.717, 1.165) is 6.07 Å². The zero-order valence-corrected chi connectivity index (χ0v) is 16.1. The molecule has 0 atom stereocenters. The van der Waals surface area contributed by atoms with E-state index in [-0.39, 0.29) is 17.0 Å². The van der Waals surface area contributed by atoms with Crippen molar-refractivity contribution in [3.63, 3.8) is 0 Å². The van der Waals surface area contributed by atoms with Crippen LogP contribution in [0.3, 0.4) is 0 Å². The van der Waals surface area contributed by atoms with Crippen LogP contribution in [-0.4, -0.2) is 45.2 Å². The molecule has 1 N–H and O–H groups in total. The Morgan fingerprint density at radius 2 is 1.86 bits per heavy atom. The topological polar surface area (TPSA) is 136 Å². The molecule has 0 aliphatic carbocycles. The number of nitro groups is 1. The zero-order chi connectivity index (χ0) is 21.1. The zero-order valence-electron chi connectivity index (χ0n) is 15.3. The number of carboxylic acids is 1. The van der Waals surface area contributed by atoms with E-state index in [0.29, 0.717) is 10.1 Å². The minimum Gasteiger partial charge on any atom is -0.497 e. The van der Waals surface area contributed by atoms with Crippen LogP contribution in [-0.2, 0) is 14.8 Å². The molecule has 0 saturated carbocycles. The minimum atomic E-state index is -4.45. The molecule has 0 unspecified atom stereocenters. The van der Waals surface area contributed by atoms with Gasteiger partial charge < -0.3 is 14.6 Å². The number of nitro benzene ring substituents is 1. The van der Waals surface area contributed by atoms with Gasteiger partial charge in [-0.1, -0.05) is 6.07 Å². The van der Waals surface area contributed by atoms with E-state index in [1.807, 2.05) is 0 Å². The number of ether oxygens (including phenoxy) is 2. The summed E-state index contributed by atoms with van der Waals surface area (Å²) in [6.45, 7) is 0.558. The summed E-state index contributed by atoms with van der Waals surface area (Å²) >= 11 is 0. The molecule has 0 fully saturated rings. The van der Waals surface area contributed by atoms with E-state index in [1.54, 1.807) is 0 Å². The summed E-state index contributed by atoms with van der Waals surface area (Å²) in [4.78, 5) is 21.4. The summed E-state index contributed by atoms with van der Waals surface area (Å²) in [7, 11) is -1.75. The van der Waals surface area contributed by atoms with Crippen LogP contribution in [0.2, 0.25) is 0 Å². The van der Waals surface area contributed by atoms with Gasteiger partial charge in [-0.25, -0.2) is 8.42 Å². The first-order valence-corrected chi connectivity index (χ1v) is 9.27. The number of carbonyl (C=O) groups is 1. The van der Waals surface area contributed by atoms with E-state index in [1.165, 1.54) is 51.5 Å². The van der Waals surface area contributed by atoms with Gasteiger partial charge in [-0.15, -0.1) is 0 Å². The quantitative estimate of drug-likeness (QED) is 0.517. The summed E-state index contributed by atoms with van der Waals surface area (Å²) in [5.74, 6) is -0.979. The molecule has 0 amide bonds. The van der Waals surface area contributed by atoms with Crippen molar-refractivity contribution in [1.29, 1.82) is 0 Å². The molecule has 0 aliphatic heterocycles. The van der Waals surface area contributed by atoms with Crippen molar-refractivity contribution < 1.29 is 32.7 Å². The maximum atomic E-state index is 13.1. The number of hydrogen-bond acceptors (Lipinski definition) is 7. The van der Waals surface area contributed by atoms with Crippen LogP contribution in [0.15, 0.2) is 41.3 Å². The van der Waals surface area contributed by atoms with Gasteiger partial charge in [-0.3, -0.25) is 19.2 Å². The van der Waals surface area contributed by atoms with Crippen molar-refractivity contribution in [2.24, 2.45) is 0 Å². The summed E-state index contributed by atoms with van der Waals surface area (Å²) in [5.41, 5.74) is -0.164. The van der Waals surface area contributed by atoms with E-state index in [2.05, 4.69) is 0 Å². The molecule has 0 bridgehead atoms. The monoisotopic (exact) mass is 410 g/mol. The summed E-state index contributed by atoms with van der Waals surface area (Å²) < 4.78 is 37.1. The Bertz CT molecular complexity index is 1020. The lowest BCUT2D eigenvalue weighted by atomic mass is 10.2. The van der Waals surface area contributed by atoms with Crippen LogP contribution in [0.25, 0.3) is 0 Å². The number of hydrogen-bond donors (Lipinski definition) is 1. The molecule has 0 aromatic heterocycles. The van der Waals surface area contributed by atoms with Gasteiger partial charge in [0.25, 0.3) is 15.7 Å². The van der Waals surface area contributed by atoms with Gasteiger partial charge in [0.15, 0.2) is 0 Å². The number of benzene rings is 2. The first kappa shape index (κ1) is 21.0. The second kappa shape index (κ2) is 8.13. The molecule has 2 aromatic carbocycles. The third kappa shape index (κ3) is 4.14. The lowest BCUT2D eigenvalue weighted by Crippen LogP contribution is -2.36. The normalized spacial score (nSPS) is 11.0. The molecule has 11 heteroatoms. The van der Waals surface area contributed by atoms with Crippen LogP contribution in [0.1, 0.15) is 5.56 Å². The number of rotatable bonds is 8. The Morgan fingerprint density at radius 1 is 1.18 bits per heavy atom. The van der Waals surface area contributed by atoms with Crippen molar-refractivity contribution in [3.8, 4) is 11.5 Å². The van der Waals surface area contributed by atoms with E-state index in [9.17, 15) is 28.4 Å². The number of anilines is 1. The van der Waals surface area contributed by atoms with Gasteiger partial charge in [0, 0.05) is 17.7 Å². The Kier molecular flexibility index (Phi) is 6.09. The van der Waals surface area contributed by atoms with Crippen molar-refractivity contribution in [2.75, 3.05) is 25.1 Å². The van der Waals surface area contributed by atoms with Gasteiger partial charge in [0.2, 0.25) is 0 Å². The second-order valence-corrected chi connectivity index (χ2v) is 7.51. The molecule has 0 saturated heterocycles. The van der Waals surface area contributed by atoms with Gasteiger partial charge in [-0.05, 0) is 25.1 Å². The van der Waals surface area contributed by atoms with Crippen molar-refractivity contribution in [3.05, 3.63) is 52.1 Å². The van der Waals surface area contributed by atoms with Crippen LogP contribution < -0.4 is 13.8 Å². The largest absolute Gasteiger partial charge is 0.497 e. The molecule has 0 spiro atoms. The summed E-state index contributed by atoms with van der Waals surface area (Å²) in [6, 6.07) is 7.55. The molecule has 0 heterocycles. The molecular formula is C17H18N2O8S. The smallest absolute Gasteiger partial charge is 0.324 e. The number of aliphatic carboxylic acids is 1. The molecule has 150 valence electrons. The third-order valence-corrected chi connectivity index (χ3v) is 5.66. The first-order valence-electron chi connectivity index (χ1n) is 7.83. The summed E-state index contributed by atoms with van der Waals surface area (Å²) in [5, 5.41) is 20.4. The predicted octanol–water partition coefficient (Wildman–Crippen LogP) is 2.20.